The molecule has 0 spiro atoms. The molecule has 16 heavy (non-hydrogen) atoms. The highest BCUT2D eigenvalue weighted by Gasteiger charge is 2.06. The lowest BCUT2D eigenvalue weighted by molar-refractivity contribution is 0.584. The molecule has 0 bridgehead atoms. The molecule has 2 rings (SSSR count). The third-order valence-electron chi connectivity index (χ3n) is 2.53. The van der Waals surface area contributed by atoms with E-state index in [9.17, 15) is 8.78 Å². The Hall–Kier alpha value is -1.45. The smallest absolute Gasteiger partial charge is 0.128 e. The fraction of sp³-hybridized carbons (Fsp3) is 0.417. The summed E-state index contributed by atoms with van der Waals surface area (Å²) >= 11 is 0. The molecule has 1 aromatic rings. The van der Waals surface area contributed by atoms with E-state index in [1.54, 1.807) is 0 Å². The maximum absolute atomic E-state index is 12.9. The molecule has 1 N–H and O–H groups in total. The summed E-state index contributed by atoms with van der Waals surface area (Å²) < 4.78 is 25.9. The van der Waals surface area contributed by atoms with Crippen molar-refractivity contribution >= 4 is 11.5 Å². The number of hydrogen-bond acceptors (Lipinski definition) is 2. The maximum Gasteiger partial charge on any atom is 0.128 e. The first kappa shape index (κ1) is 11.0. The van der Waals surface area contributed by atoms with Gasteiger partial charge in [-0.1, -0.05) is 6.42 Å². The van der Waals surface area contributed by atoms with Gasteiger partial charge in [-0.25, -0.2) is 8.78 Å². The van der Waals surface area contributed by atoms with E-state index in [1.807, 2.05) is 0 Å². The summed E-state index contributed by atoms with van der Waals surface area (Å²) in [7, 11) is 0. The highest BCUT2D eigenvalue weighted by Crippen LogP contribution is 2.15. The van der Waals surface area contributed by atoms with E-state index in [1.165, 1.54) is 12.1 Å². The Morgan fingerprint density at radius 1 is 1.00 bits per heavy atom. The van der Waals surface area contributed by atoms with Crippen LogP contribution in [0, 0.1) is 11.6 Å². The van der Waals surface area contributed by atoms with Crippen LogP contribution in [-0.4, -0.2) is 12.4 Å². The standard InChI is InChI=1S/C12H14F2N2/c13-9-6-10(14)8-11(7-9)16-12-4-2-1-3-5-15-12/h6-8H,1-5H2,(H,15,16). The Morgan fingerprint density at radius 3 is 2.50 bits per heavy atom. The summed E-state index contributed by atoms with van der Waals surface area (Å²) in [5.41, 5.74) is 0.429. The molecule has 0 fully saturated rings. The third-order valence-corrected chi connectivity index (χ3v) is 2.53. The van der Waals surface area contributed by atoms with Crippen molar-refractivity contribution in [1.82, 2.24) is 0 Å². The Morgan fingerprint density at radius 2 is 1.75 bits per heavy atom. The molecule has 1 aliphatic rings. The normalized spacial score (nSPS) is 16.5. The van der Waals surface area contributed by atoms with Crippen LogP contribution >= 0.6 is 0 Å². The number of rotatable bonds is 1. The number of nitrogens with one attached hydrogen (secondary N) is 1. The molecule has 0 aromatic heterocycles. The van der Waals surface area contributed by atoms with Gasteiger partial charge in [-0.2, -0.15) is 0 Å². The Bertz CT molecular complexity index is 382. The Labute approximate surface area is 93.4 Å². The second-order valence-corrected chi connectivity index (χ2v) is 3.92. The summed E-state index contributed by atoms with van der Waals surface area (Å²) in [5.74, 6) is -0.323. The van der Waals surface area contributed by atoms with E-state index < -0.39 is 11.6 Å². The monoisotopic (exact) mass is 224 g/mol. The van der Waals surface area contributed by atoms with Crippen molar-refractivity contribution in [2.24, 2.45) is 4.99 Å². The minimum Gasteiger partial charge on any atom is -0.344 e. The van der Waals surface area contributed by atoms with Crippen molar-refractivity contribution in [3.8, 4) is 0 Å². The lowest BCUT2D eigenvalue weighted by atomic mass is 10.2. The van der Waals surface area contributed by atoms with Crippen molar-refractivity contribution in [2.45, 2.75) is 25.7 Å². The molecule has 1 heterocycles. The topological polar surface area (TPSA) is 24.4 Å². The fourth-order valence-corrected chi connectivity index (χ4v) is 1.77. The first-order valence-corrected chi connectivity index (χ1v) is 5.50. The van der Waals surface area contributed by atoms with Gasteiger partial charge in [-0.15, -0.1) is 0 Å². The number of hydrogen-bond donors (Lipinski definition) is 1. The van der Waals surface area contributed by atoms with Gasteiger partial charge in [0.2, 0.25) is 0 Å². The van der Waals surface area contributed by atoms with Gasteiger partial charge in [0.1, 0.15) is 17.5 Å². The van der Waals surface area contributed by atoms with Gasteiger partial charge in [-0.3, -0.25) is 4.99 Å². The molecule has 0 saturated heterocycles. The van der Waals surface area contributed by atoms with Crippen LogP contribution < -0.4 is 5.32 Å². The van der Waals surface area contributed by atoms with Crippen molar-refractivity contribution in [3.63, 3.8) is 0 Å². The lowest BCUT2D eigenvalue weighted by Crippen LogP contribution is -2.11. The Balaban J connectivity index is 2.10. The number of aliphatic imine (C=N–C) groups is 1. The van der Waals surface area contributed by atoms with Crippen molar-refractivity contribution in [3.05, 3.63) is 29.8 Å². The second-order valence-electron chi connectivity index (χ2n) is 3.92. The summed E-state index contributed by atoms with van der Waals surface area (Å²) in [6, 6.07) is 3.41. The van der Waals surface area contributed by atoms with Gasteiger partial charge in [0.15, 0.2) is 0 Å². The first-order chi connectivity index (χ1) is 7.74. The highest BCUT2D eigenvalue weighted by atomic mass is 19.1. The molecular formula is C12H14F2N2. The minimum absolute atomic E-state index is 0.429. The lowest BCUT2D eigenvalue weighted by Gasteiger charge is -2.08. The summed E-state index contributed by atoms with van der Waals surface area (Å²) in [6.07, 6.45) is 4.16. The van der Waals surface area contributed by atoms with E-state index in [0.29, 0.717) is 5.69 Å². The molecule has 0 aliphatic carbocycles. The molecule has 0 unspecified atom stereocenters. The fourth-order valence-electron chi connectivity index (χ4n) is 1.77. The van der Waals surface area contributed by atoms with Gasteiger partial charge >= 0.3 is 0 Å². The molecule has 0 saturated carbocycles. The largest absolute Gasteiger partial charge is 0.344 e. The minimum atomic E-state index is -0.572. The van der Waals surface area contributed by atoms with Gasteiger partial charge in [0.25, 0.3) is 0 Å². The van der Waals surface area contributed by atoms with E-state index >= 15 is 0 Å². The number of halogens is 2. The zero-order chi connectivity index (χ0) is 11.4. The van der Waals surface area contributed by atoms with Gasteiger partial charge < -0.3 is 5.32 Å². The quantitative estimate of drug-likeness (QED) is 0.777. The van der Waals surface area contributed by atoms with Crippen LogP contribution in [0.1, 0.15) is 25.7 Å². The highest BCUT2D eigenvalue weighted by molar-refractivity contribution is 5.95. The number of anilines is 1. The van der Waals surface area contributed by atoms with E-state index in [-0.39, 0.29) is 0 Å². The molecular weight excluding hydrogens is 210 g/mol. The van der Waals surface area contributed by atoms with Crippen molar-refractivity contribution in [2.75, 3.05) is 11.9 Å². The number of amidine groups is 1. The number of benzene rings is 1. The van der Waals surface area contributed by atoms with E-state index in [2.05, 4.69) is 10.3 Å². The summed E-state index contributed by atoms with van der Waals surface area (Å²) in [4.78, 5) is 4.34. The van der Waals surface area contributed by atoms with Crippen LogP contribution in [0.4, 0.5) is 14.5 Å². The zero-order valence-corrected chi connectivity index (χ0v) is 8.97. The van der Waals surface area contributed by atoms with Gasteiger partial charge in [0.05, 0.1) is 0 Å². The van der Waals surface area contributed by atoms with E-state index in [4.69, 9.17) is 0 Å². The van der Waals surface area contributed by atoms with Gasteiger partial charge in [-0.05, 0) is 25.0 Å². The predicted octanol–water partition coefficient (Wildman–Crippen LogP) is 3.35. The predicted molar refractivity (Wildman–Crippen MR) is 60.8 cm³/mol. The third kappa shape index (κ3) is 3.02. The van der Waals surface area contributed by atoms with Crippen LogP contribution in [-0.2, 0) is 0 Å². The van der Waals surface area contributed by atoms with Crippen LogP contribution in [0.15, 0.2) is 23.2 Å². The average molecular weight is 224 g/mol. The first-order valence-electron chi connectivity index (χ1n) is 5.50. The maximum atomic E-state index is 12.9. The number of nitrogens with zero attached hydrogens (tertiary/aromatic N) is 1. The van der Waals surface area contributed by atoms with Gasteiger partial charge in [0, 0.05) is 24.7 Å². The van der Waals surface area contributed by atoms with Crippen LogP contribution in [0.3, 0.4) is 0 Å². The molecule has 4 heteroatoms. The van der Waals surface area contributed by atoms with Crippen molar-refractivity contribution < 1.29 is 8.78 Å². The summed E-state index contributed by atoms with van der Waals surface area (Å²) in [5, 5.41) is 2.97. The zero-order valence-electron chi connectivity index (χ0n) is 8.97. The average Bonchev–Trinajstić information content (AvgIpc) is 2.44. The van der Waals surface area contributed by atoms with Crippen LogP contribution in [0.5, 0.6) is 0 Å². The Kier molecular flexibility index (Phi) is 3.49. The SMILES string of the molecule is Fc1cc(F)cc(NC2=NCCCCC2)c1. The molecule has 86 valence electrons. The molecule has 1 aromatic carbocycles. The summed E-state index contributed by atoms with van der Waals surface area (Å²) in [6.45, 7) is 0.792. The molecule has 0 amide bonds. The van der Waals surface area contributed by atoms with Crippen LogP contribution in [0.2, 0.25) is 0 Å². The molecule has 2 nitrogen and oxygen atoms in total. The van der Waals surface area contributed by atoms with E-state index in [0.717, 1.165) is 44.1 Å². The molecule has 0 radical (unpaired) electrons. The molecule has 0 atom stereocenters. The van der Waals surface area contributed by atoms with Crippen molar-refractivity contribution in [1.29, 1.82) is 0 Å². The molecule has 1 aliphatic heterocycles. The second kappa shape index (κ2) is 5.05. The van der Waals surface area contributed by atoms with Crippen LogP contribution in [0.25, 0.3) is 0 Å².